The second-order valence-corrected chi connectivity index (χ2v) is 15.3. The Morgan fingerprint density at radius 2 is 1.43 bits per heavy atom. The van der Waals surface area contributed by atoms with Crippen LogP contribution in [0.15, 0.2) is 30.6 Å². The number of methoxy groups -OCH3 is 1. The lowest BCUT2D eigenvalue weighted by Gasteiger charge is -2.30. The Labute approximate surface area is 328 Å². The number of amides is 4. The molecule has 4 heterocycles. The number of alkyl carbamates (subject to hydrolysis) is 1. The van der Waals surface area contributed by atoms with Gasteiger partial charge in [-0.15, -0.1) is 0 Å². The highest BCUT2D eigenvalue weighted by molar-refractivity contribution is 5.88. The van der Waals surface area contributed by atoms with Gasteiger partial charge in [0.15, 0.2) is 0 Å². The molecule has 2 fully saturated rings. The van der Waals surface area contributed by atoms with E-state index in [9.17, 15) is 19.2 Å². The van der Waals surface area contributed by atoms with E-state index in [1.165, 1.54) is 7.11 Å². The SMILES string of the molecule is CCC(=O)NC(C(=O)N1CCC[C@H]1c1ncc(C#Cc2ccc3c(c2)=CCC(C#Cc2cnc([C@@H]4CCCN4C(=O)C(NC(=O)OC)C(C)C)[nH]2)C=3)[nH]1)C(C)C. The summed E-state index contributed by atoms with van der Waals surface area (Å²) in [5.41, 5.74) is 2.24. The van der Waals surface area contributed by atoms with E-state index in [-0.39, 0.29) is 47.6 Å². The van der Waals surface area contributed by atoms with Gasteiger partial charge in [0.2, 0.25) is 17.7 Å². The number of aromatic amines is 2. The molecule has 0 bridgehead atoms. The van der Waals surface area contributed by atoms with Crippen molar-refractivity contribution in [2.75, 3.05) is 20.2 Å². The van der Waals surface area contributed by atoms with Gasteiger partial charge in [-0.1, -0.05) is 64.7 Å². The number of ether oxygens (including phenoxy) is 1. The molecule has 2 aliphatic heterocycles. The maximum absolute atomic E-state index is 13.5. The number of fused-ring (bicyclic) bond motifs is 1. The molecular weight excluding hydrogens is 709 g/mol. The summed E-state index contributed by atoms with van der Waals surface area (Å²) in [7, 11) is 1.29. The van der Waals surface area contributed by atoms with Gasteiger partial charge in [-0.3, -0.25) is 14.4 Å². The third kappa shape index (κ3) is 9.16. The summed E-state index contributed by atoms with van der Waals surface area (Å²) in [6.07, 6.45) is 11.5. The summed E-state index contributed by atoms with van der Waals surface area (Å²) in [6, 6.07) is 4.47. The Bertz CT molecular complexity index is 2200. The maximum atomic E-state index is 13.5. The fourth-order valence-corrected chi connectivity index (χ4v) is 7.54. The smallest absolute Gasteiger partial charge is 0.407 e. The topological polar surface area (TPSA) is 165 Å². The number of likely N-dealkylation sites (tertiary alicyclic amines) is 2. The molecule has 294 valence electrons. The Morgan fingerprint density at radius 3 is 2.00 bits per heavy atom. The molecule has 5 atom stereocenters. The van der Waals surface area contributed by atoms with Gasteiger partial charge in [0.1, 0.15) is 35.1 Å². The van der Waals surface area contributed by atoms with E-state index in [1.54, 1.807) is 24.2 Å². The summed E-state index contributed by atoms with van der Waals surface area (Å²) >= 11 is 0. The Kier molecular flexibility index (Phi) is 12.6. The van der Waals surface area contributed by atoms with Crippen molar-refractivity contribution in [2.45, 2.75) is 97.3 Å². The van der Waals surface area contributed by atoms with Crippen LogP contribution in [0.1, 0.15) is 114 Å². The molecule has 56 heavy (non-hydrogen) atoms. The summed E-state index contributed by atoms with van der Waals surface area (Å²) in [4.78, 5) is 70.5. The van der Waals surface area contributed by atoms with Gasteiger partial charge in [-0.2, -0.15) is 0 Å². The zero-order valence-electron chi connectivity index (χ0n) is 33.1. The van der Waals surface area contributed by atoms with Gasteiger partial charge < -0.3 is 35.1 Å². The molecule has 3 unspecified atom stereocenters. The van der Waals surface area contributed by atoms with Crippen LogP contribution in [0.4, 0.5) is 4.79 Å². The molecule has 2 saturated heterocycles. The zero-order chi connectivity index (χ0) is 39.9. The number of hydrogen-bond donors (Lipinski definition) is 4. The molecule has 0 saturated carbocycles. The predicted molar refractivity (Wildman–Crippen MR) is 211 cm³/mol. The van der Waals surface area contributed by atoms with Crippen LogP contribution in [-0.4, -0.2) is 85.8 Å². The van der Waals surface area contributed by atoms with Crippen molar-refractivity contribution < 1.29 is 23.9 Å². The lowest BCUT2D eigenvalue weighted by molar-refractivity contribution is -0.138. The zero-order valence-corrected chi connectivity index (χ0v) is 33.1. The highest BCUT2D eigenvalue weighted by Gasteiger charge is 2.38. The third-order valence-electron chi connectivity index (χ3n) is 10.6. The summed E-state index contributed by atoms with van der Waals surface area (Å²) in [5, 5.41) is 7.78. The van der Waals surface area contributed by atoms with Crippen molar-refractivity contribution in [3.05, 3.63) is 69.6 Å². The van der Waals surface area contributed by atoms with Crippen LogP contribution in [0.2, 0.25) is 0 Å². The van der Waals surface area contributed by atoms with Crippen LogP contribution in [0.3, 0.4) is 0 Å². The van der Waals surface area contributed by atoms with Gasteiger partial charge >= 0.3 is 6.09 Å². The Hall–Kier alpha value is -5.82. The quantitative estimate of drug-likeness (QED) is 0.243. The lowest BCUT2D eigenvalue weighted by atomic mass is 9.97. The largest absolute Gasteiger partial charge is 0.453 e. The number of H-pyrrole nitrogens is 2. The van der Waals surface area contributed by atoms with Crippen LogP contribution in [0, 0.1) is 41.4 Å². The highest BCUT2D eigenvalue weighted by atomic mass is 16.5. The first kappa shape index (κ1) is 39.9. The van der Waals surface area contributed by atoms with Crippen LogP contribution < -0.4 is 21.1 Å². The second-order valence-electron chi connectivity index (χ2n) is 15.3. The number of nitrogens with zero attached hydrogens (tertiary/aromatic N) is 4. The average molecular weight is 761 g/mol. The summed E-state index contributed by atoms with van der Waals surface area (Å²) < 4.78 is 4.74. The minimum Gasteiger partial charge on any atom is -0.453 e. The number of hydrogen-bond acceptors (Lipinski definition) is 7. The molecule has 6 rings (SSSR count). The molecule has 2 aromatic heterocycles. The highest BCUT2D eigenvalue weighted by Crippen LogP contribution is 2.32. The number of rotatable bonds is 9. The first-order valence-electron chi connectivity index (χ1n) is 19.7. The lowest BCUT2D eigenvalue weighted by Crippen LogP contribution is -2.51. The number of aromatic nitrogens is 4. The third-order valence-corrected chi connectivity index (χ3v) is 10.6. The monoisotopic (exact) mass is 760 g/mol. The molecule has 4 amide bonds. The standard InChI is InChI=1S/C43H52N8O5/c1-7-36(52)48-37(26(2)3)41(53)50-20-8-10-34(50)39-44-24-32(46-39)18-14-28-12-16-31-23-29(13-17-30(31)22-28)15-19-33-25-45-40(47-33)35-11-9-21-51(35)42(54)38(27(4)5)49-43(55)56-6/h12,16-17,22-27,29,34-35,37-38H,7-11,13,20-21H2,1-6H3,(H,44,46)(H,45,47)(H,48,52)(H,49,55)/t29?,34-,35-,37?,38?/m0/s1. The fraction of sp³-hybridized carbons (Fsp3) is 0.488. The normalized spacial score (nSPS) is 19.8. The van der Waals surface area contributed by atoms with Crippen molar-refractivity contribution in [1.29, 1.82) is 0 Å². The van der Waals surface area contributed by atoms with Crippen LogP contribution in [-0.2, 0) is 19.1 Å². The molecule has 0 radical (unpaired) electrons. The predicted octanol–water partition coefficient (Wildman–Crippen LogP) is 3.42. The van der Waals surface area contributed by atoms with Crippen molar-refractivity contribution in [3.63, 3.8) is 0 Å². The van der Waals surface area contributed by atoms with Gasteiger partial charge in [0.25, 0.3) is 0 Å². The van der Waals surface area contributed by atoms with Crippen LogP contribution >= 0.6 is 0 Å². The molecule has 13 heteroatoms. The van der Waals surface area contributed by atoms with Crippen molar-refractivity contribution in [3.8, 4) is 23.7 Å². The Balaban J connectivity index is 1.09. The van der Waals surface area contributed by atoms with Gasteiger partial charge in [-0.05, 0) is 78.4 Å². The first-order valence-corrected chi connectivity index (χ1v) is 19.7. The number of carbonyl (C=O) groups excluding carboxylic acids is 4. The number of imidazole rings is 2. The molecule has 0 spiro atoms. The Morgan fingerprint density at radius 1 is 0.839 bits per heavy atom. The number of carbonyl (C=O) groups is 4. The molecule has 1 aliphatic carbocycles. The summed E-state index contributed by atoms with van der Waals surface area (Å²) in [5.74, 6) is 14.0. The molecule has 13 nitrogen and oxygen atoms in total. The molecule has 3 aliphatic rings. The van der Waals surface area contributed by atoms with Gasteiger partial charge in [-0.25, -0.2) is 14.8 Å². The minimum atomic E-state index is -0.689. The van der Waals surface area contributed by atoms with E-state index in [4.69, 9.17) is 4.74 Å². The summed E-state index contributed by atoms with van der Waals surface area (Å²) in [6.45, 7) is 10.7. The van der Waals surface area contributed by atoms with Crippen LogP contribution in [0.5, 0.6) is 0 Å². The fourth-order valence-electron chi connectivity index (χ4n) is 7.54. The molecule has 4 N–H and O–H groups in total. The molecule has 3 aromatic rings. The molecular formula is C43H52N8O5. The van der Waals surface area contributed by atoms with Gasteiger partial charge in [0.05, 0.1) is 31.6 Å². The van der Waals surface area contributed by atoms with E-state index in [2.05, 4.69) is 78.5 Å². The number of nitrogens with one attached hydrogen (secondary N) is 4. The van der Waals surface area contributed by atoms with E-state index in [0.29, 0.717) is 42.5 Å². The second kappa shape index (κ2) is 17.8. The van der Waals surface area contributed by atoms with E-state index in [0.717, 1.165) is 48.1 Å². The molecule has 1 aromatic carbocycles. The van der Waals surface area contributed by atoms with Crippen molar-refractivity contribution in [2.24, 2.45) is 17.8 Å². The number of benzene rings is 1. The minimum absolute atomic E-state index is 0.0242. The van der Waals surface area contributed by atoms with E-state index >= 15 is 0 Å². The van der Waals surface area contributed by atoms with E-state index < -0.39 is 18.2 Å². The van der Waals surface area contributed by atoms with Gasteiger partial charge in [0, 0.05) is 31.0 Å². The van der Waals surface area contributed by atoms with Crippen molar-refractivity contribution >= 4 is 36.0 Å². The van der Waals surface area contributed by atoms with E-state index in [1.807, 2.05) is 38.7 Å². The van der Waals surface area contributed by atoms with Crippen LogP contribution in [0.25, 0.3) is 12.2 Å². The van der Waals surface area contributed by atoms with Crippen molar-refractivity contribution in [1.82, 2.24) is 40.4 Å². The maximum Gasteiger partial charge on any atom is 0.407 e. The average Bonchev–Trinajstić information content (AvgIpc) is 4.03. The first-order chi connectivity index (χ1) is 26.9.